The van der Waals surface area contributed by atoms with E-state index in [1.165, 1.54) is 6.07 Å². The normalized spacial score (nSPS) is 13.2. The first kappa shape index (κ1) is 23.6. The number of anilines is 1. The van der Waals surface area contributed by atoms with Gasteiger partial charge in [-0.05, 0) is 35.9 Å². The minimum Gasteiger partial charge on any atom is -0.496 e. The number of aromatic nitrogens is 1. The average Bonchev–Trinajstić information content (AvgIpc) is 3.41. The average molecular weight is 500 g/mol. The van der Waals surface area contributed by atoms with Gasteiger partial charge < -0.3 is 9.64 Å². The summed E-state index contributed by atoms with van der Waals surface area (Å²) in [6, 6.07) is 24.8. The highest BCUT2D eigenvalue weighted by Gasteiger charge is 2.25. The van der Waals surface area contributed by atoms with Crippen LogP contribution in [0.15, 0.2) is 108 Å². The van der Waals surface area contributed by atoms with E-state index >= 15 is 0 Å². The Kier molecular flexibility index (Phi) is 6.69. The van der Waals surface area contributed by atoms with E-state index in [1.54, 1.807) is 59.6 Å². The van der Waals surface area contributed by atoms with Crippen LogP contribution in [0.2, 0.25) is 0 Å². The number of rotatable bonds is 8. The van der Waals surface area contributed by atoms with Gasteiger partial charge in [-0.3, -0.25) is 14.5 Å². The monoisotopic (exact) mass is 499 g/mol. The minimum atomic E-state index is -4.02. The number of carbonyl (C=O) groups is 1. The number of hydrogen-bond acceptors (Lipinski definition) is 5. The predicted molar refractivity (Wildman–Crippen MR) is 139 cm³/mol. The molecule has 0 fully saturated rings. The Balaban J connectivity index is 1.48. The van der Waals surface area contributed by atoms with E-state index in [-0.39, 0.29) is 22.1 Å². The molecule has 0 aliphatic carbocycles. The lowest BCUT2D eigenvalue weighted by molar-refractivity contribution is 0.0729. The molecule has 0 radical (unpaired) electrons. The van der Waals surface area contributed by atoms with Gasteiger partial charge in [0.25, 0.3) is 15.9 Å². The van der Waals surface area contributed by atoms with Gasteiger partial charge in [-0.25, -0.2) is 8.42 Å². The molecule has 1 aliphatic rings. The highest BCUT2D eigenvalue weighted by atomic mass is 32.2. The van der Waals surface area contributed by atoms with Gasteiger partial charge in [0.1, 0.15) is 10.7 Å². The van der Waals surface area contributed by atoms with E-state index in [4.69, 9.17) is 4.74 Å². The summed E-state index contributed by atoms with van der Waals surface area (Å²) < 4.78 is 35.1. The molecule has 8 heteroatoms. The van der Waals surface area contributed by atoms with Crippen LogP contribution in [0.1, 0.15) is 22.3 Å². The second-order valence-corrected chi connectivity index (χ2v) is 10.1. The van der Waals surface area contributed by atoms with Crippen molar-refractivity contribution in [3.8, 4) is 0 Å². The second kappa shape index (κ2) is 10.2. The zero-order valence-corrected chi connectivity index (χ0v) is 20.3. The molecule has 36 heavy (non-hydrogen) atoms. The van der Waals surface area contributed by atoms with Crippen molar-refractivity contribution in [2.45, 2.75) is 17.9 Å². The summed E-state index contributed by atoms with van der Waals surface area (Å²) in [4.78, 5) is 19.8. The number of carbonyl (C=O) groups excluding carboxylic acids is 1. The zero-order chi connectivity index (χ0) is 25.0. The summed E-state index contributed by atoms with van der Waals surface area (Å²) in [7, 11) is -4.02. The summed E-state index contributed by atoms with van der Waals surface area (Å²) >= 11 is 0. The van der Waals surface area contributed by atoms with Crippen molar-refractivity contribution in [2.24, 2.45) is 0 Å². The van der Waals surface area contributed by atoms with E-state index < -0.39 is 10.0 Å². The van der Waals surface area contributed by atoms with Gasteiger partial charge in [-0.15, -0.1) is 0 Å². The van der Waals surface area contributed by atoms with Gasteiger partial charge >= 0.3 is 0 Å². The van der Waals surface area contributed by atoms with Crippen LogP contribution in [0.3, 0.4) is 0 Å². The lowest BCUT2D eigenvalue weighted by atomic mass is 10.1. The first-order chi connectivity index (χ1) is 17.5. The molecule has 0 unspecified atom stereocenters. The maximum atomic E-state index is 13.8. The highest BCUT2D eigenvalue weighted by molar-refractivity contribution is 7.93. The Morgan fingerprint density at radius 2 is 1.69 bits per heavy atom. The third-order valence-corrected chi connectivity index (χ3v) is 7.31. The van der Waals surface area contributed by atoms with Crippen molar-refractivity contribution in [3.05, 3.63) is 114 Å². The van der Waals surface area contributed by atoms with Gasteiger partial charge in [0.05, 0.1) is 29.9 Å². The quantitative estimate of drug-likeness (QED) is 0.369. The summed E-state index contributed by atoms with van der Waals surface area (Å²) in [5.41, 5.74) is 1.79. The van der Waals surface area contributed by atoms with Gasteiger partial charge in [-0.2, -0.15) is 0 Å². The molecule has 0 spiro atoms. The van der Waals surface area contributed by atoms with Crippen LogP contribution in [-0.4, -0.2) is 37.4 Å². The zero-order valence-electron chi connectivity index (χ0n) is 19.5. The fourth-order valence-corrected chi connectivity index (χ4v) is 5.45. The van der Waals surface area contributed by atoms with Crippen LogP contribution in [0.5, 0.6) is 0 Å². The first-order valence-corrected chi connectivity index (χ1v) is 13.1. The molecule has 4 aromatic rings. The van der Waals surface area contributed by atoms with Crippen LogP contribution in [0, 0.1) is 0 Å². The number of benzene rings is 3. The standard InChI is InChI=1S/C28H25N3O4S/c32-28(31(20-23-13-8-18-35-23)19-21-9-2-1-3-10-21)24-14-4-5-15-25(24)30-36(33,34)26-16-6-11-22-12-7-17-29-27(22)26/h1-7,9-17,30H,8,18-20H2. The first-order valence-electron chi connectivity index (χ1n) is 11.6. The maximum absolute atomic E-state index is 13.8. The van der Waals surface area contributed by atoms with Gasteiger partial charge in [0.2, 0.25) is 0 Å². The molecule has 5 rings (SSSR count). The number of hydrogen-bond donors (Lipinski definition) is 1. The lowest BCUT2D eigenvalue weighted by Gasteiger charge is -2.24. The van der Waals surface area contributed by atoms with Crippen LogP contribution in [-0.2, 0) is 21.3 Å². The second-order valence-electron chi connectivity index (χ2n) is 8.44. The molecule has 1 aliphatic heterocycles. The van der Waals surface area contributed by atoms with E-state index in [1.807, 2.05) is 36.4 Å². The number of para-hydroxylation sites is 2. The van der Waals surface area contributed by atoms with Gasteiger partial charge in [-0.1, -0.05) is 60.7 Å². The number of sulfonamides is 1. The third kappa shape index (κ3) is 5.08. The Morgan fingerprint density at radius 1 is 0.917 bits per heavy atom. The molecule has 0 saturated carbocycles. The number of amides is 1. The molecule has 0 saturated heterocycles. The van der Waals surface area contributed by atoms with Gasteiger partial charge in [0.15, 0.2) is 0 Å². The largest absolute Gasteiger partial charge is 0.496 e. The Morgan fingerprint density at radius 3 is 2.50 bits per heavy atom. The Labute approximate surface area is 210 Å². The SMILES string of the molecule is O=C(c1ccccc1NS(=O)(=O)c1cccc2cccnc12)N(CC1=CCCO1)Cc1ccccc1. The maximum Gasteiger partial charge on any atom is 0.264 e. The molecule has 7 nitrogen and oxygen atoms in total. The smallest absolute Gasteiger partial charge is 0.264 e. The van der Waals surface area contributed by atoms with Crippen LogP contribution in [0.4, 0.5) is 5.69 Å². The summed E-state index contributed by atoms with van der Waals surface area (Å²) in [6.07, 6.45) is 4.34. The molecule has 1 N–H and O–H groups in total. The Hall–Kier alpha value is -4.17. The van der Waals surface area contributed by atoms with E-state index in [0.29, 0.717) is 30.6 Å². The van der Waals surface area contributed by atoms with Crippen LogP contribution < -0.4 is 4.72 Å². The lowest BCUT2D eigenvalue weighted by Crippen LogP contribution is -2.33. The third-order valence-electron chi connectivity index (χ3n) is 5.91. The molecule has 1 amide bonds. The van der Waals surface area contributed by atoms with Gasteiger partial charge in [0, 0.05) is 24.5 Å². The van der Waals surface area contributed by atoms with Crippen molar-refractivity contribution >= 4 is 32.5 Å². The fraction of sp³-hybridized carbons (Fsp3) is 0.143. The summed E-state index contributed by atoms with van der Waals surface area (Å²) in [5.74, 6) is 0.434. The van der Waals surface area contributed by atoms with Crippen LogP contribution >= 0.6 is 0 Å². The summed E-state index contributed by atoms with van der Waals surface area (Å²) in [5, 5.41) is 0.712. The molecular formula is C28H25N3O4S. The molecule has 0 atom stereocenters. The predicted octanol–water partition coefficient (Wildman–Crippen LogP) is 4.98. The summed E-state index contributed by atoms with van der Waals surface area (Å²) in [6.45, 7) is 1.24. The van der Waals surface area contributed by atoms with E-state index in [0.717, 1.165) is 17.7 Å². The highest BCUT2D eigenvalue weighted by Crippen LogP contribution is 2.26. The molecule has 0 bridgehead atoms. The van der Waals surface area contributed by atoms with E-state index in [2.05, 4.69) is 9.71 Å². The number of ether oxygens (including phenoxy) is 1. The molecule has 182 valence electrons. The Bertz CT molecular complexity index is 1530. The molecular weight excluding hydrogens is 474 g/mol. The molecule has 3 aromatic carbocycles. The molecule has 2 heterocycles. The fourth-order valence-electron chi connectivity index (χ4n) is 4.19. The number of nitrogens with zero attached hydrogens (tertiary/aromatic N) is 2. The number of nitrogens with one attached hydrogen (secondary N) is 1. The minimum absolute atomic E-state index is 0.0495. The topological polar surface area (TPSA) is 88.6 Å². The van der Waals surface area contributed by atoms with Crippen molar-refractivity contribution in [1.82, 2.24) is 9.88 Å². The van der Waals surface area contributed by atoms with Crippen molar-refractivity contribution in [2.75, 3.05) is 17.9 Å². The van der Waals surface area contributed by atoms with Crippen molar-refractivity contribution in [3.63, 3.8) is 0 Å². The molecule has 1 aromatic heterocycles. The van der Waals surface area contributed by atoms with E-state index in [9.17, 15) is 13.2 Å². The van der Waals surface area contributed by atoms with Crippen molar-refractivity contribution in [1.29, 1.82) is 0 Å². The van der Waals surface area contributed by atoms with Crippen molar-refractivity contribution < 1.29 is 17.9 Å². The number of pyridine rings is 1. The van der Waals surface area contributed by atoms with Crippen LogP contribution in [0.25, 0.3) is 10.9 Å². The number of fused-ring (bicyclic) bond motifs is 1.